The molecule has 6 nitrogen and oxygen atoms in total. The van der Waals surface area contributed by atoms with Crippen LogP contribution in [0, 0.1) is 24.0 Å². The standard InChI is InChI=1S/C16H15N3O3S/c1-10-4-3-5-12(8-10)15(20)18-16(23)17-13-7-6-11(2)14(9-13)19(21)22/h3-9H,1-2H3,(H2,17,18,20,23). The van der Waals surface area contributed by atoms with Gasteiger partial charge in [-0.1, -0.05) is 23.8 Å². The van der Waals surface area contributed by atoms with Crippen LogP contribution in [0.4, 0.5) is 11.4 Å². The molecule has 7 heteroatoms. The Labute approximate surface area is 138 Å². The number of nitro benzene ring substituents is 1. The molecule has 0 atom stereocenters. The Hall–Kier alpha value is -2.80. The van der Waals surface area contributed by atoms with Crippen LogP contribution in [0.2, 0.25) is 0 Å². The van der Waals surface area contributed by atoms with Crippen molar-refractivity contribution in [2.24, 2.45) is 0 Å². The molecule has 0 saturated heterocycles. The zero-order valence-corrected chi connectivity index (χ0v) is 13.4. The van der Waals surface area contributed by atoms with E-state index in [1.54, 1.807) is 37.3 Å². The lowest BCUT2D eigenvalue weighted by atomic mass is 10.1. The second-order valence-electron chi connectivity index (χ2n) is 5.04. The van der Waals surface area contributed by atoms with Gasteiger partial charge in [-0.05, 0) is 44.3 Å². The van der Waals surface area contributed by atoms with Gasteiger partial charge in [0, 0.05) is 22.9 Å². The lowest BCUT2D eigenvalue weighted by Gasteiger charge is -2.10. The summed E-state index contributed by atoms with van der Waals surface area (Å²) in [6.07, 6.45) is 0. The Balaban J connectivity index is 2.06. The maximum Gasteiger partial charge on any atom is 0.274 e. The van der Waals surface area contributed by atoms with Crippen molar-refractivity contribution in [2.75, 3.05) is 5.32 Å². The van der Waals surface area contributed by atoms with E-state index in [2.05, 4.69) is 10.6 Å². The van der Waals surface area contributed by atoms with E-state index < -0.39 is 4.92 Å². The number of benzene rings is 2. The van der Waals surface area contributed by atoms with Crippen molar-refractivity contribution in [2.45, 2.75) is 13.8 Å². The number of hydrogen-bond donors (Lipinski definition) is 2. The van der Waals surface area contributed by atoms with Gasteiger partial charge in [0.15, 0.2) is 5.11 Å². The monoisotopic (exact) mass is 329 g/mol. The lowest BCUT2D eigenvalue weighted by molar-refractivity contribution is -0.385. The van der Waals surface area contributed by atoms with Gasteiger partial charge in [0.1, 0.15) is 0 Å². The minimum absolute atomic E-state index is 0.0113. The highest BCUT2D eigenvalue weighted by molar-refractivity contribution is 7.80. The average Bonchev–Trinajstić information content (AvgIpc) is 2.48. The van der Waals surface area contributed by atoms with Gasteiger partial charge in [-0.3, -0.25) is 20.2 Å². The molecule has 0 aromatic heterocycles. The van der Waals surface area contributed by atoms with E-state index in [1.165, 1.54) is 6.07 Å². The summed E-state index contributed by atoms with van der Waals surface area (Å²) in [5.41, 5.74) is 2.43. The first kappa shape index (κ1) is 16.6. The summed E-state index contributed by atoms with van der Waals surface area (Å²) in [5, 5.41) is 16.3. The fraction of sp³-hybridized carbons (Fsp3) is 0.125. The number of nitrogens with zero attached hydrogens (tertiary/aromatic N) is 1. The van der Waals surface area contributed by atoms with Gasteiger partial charge >= 0.3 is 0 Å². The number of carbonyl (C=O) groups excluding carboxylic acids is 1. The molecule has 0 fully saturated rings. The van der Waals surface area contributed by atoms with Crippen LogP contribution in [0.15, 0.2) is 42.5 Å². The second kappa shape index (κ2) is 6.97. The number of rotatable bonds is 3. The maximum absolute atomic E-state index is 12.1. The van der Waals surface area contributed by atoms with Crippen molar-refractivity contribution >= 4 is 34.6 Å². The summed E-state index contributed by atoms with van der Waals surface area (Å²) in [5.74, 6) is -0.340. The first-order valence-electron chi connectivity index (χ1n) is 6.81. The number of nitro groups is 1. The zero-order valence-electron chi connectivity index (χ0n) is 12.6. The normalized spacial score (nSPS) is 10.0. The largest absolute Gasteiger partial charge is 0.332 e. The van der Waals surface area contributed by atoms with Crippen LogP contribution in [0.1, 0.15) is 21.5 Å². The van der Waals surface area contributed by atoms with Gasteiger partial charge < -0.3 is 5.32 Å². The van der Waals surface area contributed by atoms with Crippen LogP contribution in [0.3, 0.4) is 0 Å². The molecule has 23 heavy (non-hydrogen) atoms. The maximum atomic E-state index is 12.1. The van der Waals surface area contributed by atoms with E-state index in [9.17, 15) is 14.9 Å². The minimum atomic E-state index is -0.463. The third-order valence-electron chi connectivity index (χ3n) is 3.17. The summed E-state index contributed by atoms with van der Waals surface area (Å²) in [6, 6.07) is 11.7. The van der Waals surface area contributed by atoms with E-state index in [0.29, 0.717) is 16.8 Å². The fourth-order valence-electron chi connectivity index (χ4n) is 2.01. The van der Waals surface area contributed by atoms with E-state index in [4.69, 9.17) is 12.2 Å². The Kier molecular flexibility index (Phi) is 5.02. The van der Waals surface area contributed by atoms with Gasteiger partial charge in [-0.2, -0.15) is 0 Å². The quantitative estimate of drug-likeness (QED) is 0.512. The predicted octanol–water partition coefficient (Wildman–Crippen LogP) is 3.34. The van der Waals surface area contributed by atoms with E-state index in [-0.39, 0.29) is 16.7 Å². The van der Waals surface area contributed by atoms with Crippen LogP contribution in [-0.2, 0) is 0 Å². The molecule has 0 saturated carbocycles. The summed E-state index contributed by atoms with van der Waals surface area (Å²) < 4.78 is 0. The Morgan fingerprint density at radius 2 is 1.91 bits per heavy atom. The first-order valence-corrected chi connectivity index (χ1v) is 7.21. The Morgan fingerprint density at radius 1 is 1.17 bits per heavy atom. The molecule has 2 aromatic carbocycles. The summed E-state index contributed by atoms with van der Waals surface area (Å²) >= 11 is 5.07. The van der Waals surface area contributed by atoms with Crippen molar-refractivity contribution in [3.8, 4) is 0 Å². The molecule has 0 unspecified atom stereocenters. The molecule has 0 heterocycles. The highest BCUT2D eigenvalue weighted by atomic mass is 32.1. The van der Waals surface area contributed by atoms with E-state index in [1.807, 2.05) is 13.0 Å². The second-order valence-corrected chi connectivity index (χ2v) is 5.44. The van der Waals surface area contributed by atoms with Gasteiger partial charge in [0.05, 0.1) is 4.92 Å². The molecule has 1 amide bonds. The smallest absolute Gasteiger partial charge is 0.274 e. The number of amides is 1. The zero-order chi connectivity index (χ0) is 17.0. The highest BCUT2D eigenvalue weighted by Gasteiger charge is 2.12. The Bertz CT molecular complexity index is 790. The van der Waals surface area contributed by atoms with Gasteiger partial charge in [0.25, 0.3) is 11.6 Å². The molecule has 118 valence electrons. The third-order valence-corrected chi connectivity index (χ3v) is 3.38. The predicted molar refractivity (Wildman–Crippen MR) is 92.7 cm³/mol. The molecular formula is C16H15N3O3S. The number of carbonyl (C=O) groups is 1. The first-order chi connectivity index (χ1) is 10.9. The number of hydrogen-bond acceptors (Lipinski definition) is 4. The van der Waals surface area contributed by atoms with Crippen LogP contribution in [-0.4, -0.2) is 15.9 Å². The fourth-order valence-corrected chi connectivity index (χ4v) is 2.22. The Morgan fingerprint density at radius 3 is 2.57 bits per heavy atom. The summed E-state index contributed by atoms with van der Waals surface area (Å²) in [4.78, 5) is 22.5. The number of anilines is 1. The van der Waals surface area contributed by atoms with Gasteiger partial charge in [-0.15, -0.1) is 0 Å². The highest BCUT2D eigenvalue weighted by Crippen LogP contribution is 2.22. The van der Waals surface area contributed by atoms with E-state index in [0.717, 1.165) is 5.56 Å². The molecule has 0 bridgehead atoms. The molecule has 0 aliphatic carbocycles. The van der Waals surface area contributed by atoms with Crippen molar-refractivity contribution in [3.05, 3.63) is 69.3 Å². The van der Waals surface area contributed by atoms with Gasteiger partial charge in [-0.25, -0.2) is 0 Å². The molecule has 0 radical (unpaired) electrons. The van der Waals surface area contributed by atoms with Crippen LogP contribution in [0.5, 0.6) is 0 Å². The third kappa shape index (κ3) is 4.33. The molecule has 2 aromatic rings. The number of nitrogens with one attached hydrogen (secondary N) is 2. The molecule has 2 rings (SSSR count). The SMILES string of the molecule is Cc1cccc(C(=O)NC(=S)Nc2ccc(C)c([N+](=O)[O-])c2)c1. The van der Waals surface area contributed by atoms with Gasteiger partial charge in [0.2, 0.25) is 0 Å². The topological polar surface area (TPSA) is 84.3 Å². The summed E-state index contributed by atoms with van der Waals surface area (Å²) in [7, 11) is 0. The van der Waals surface area contributed by atoms with Crippen LogP contribution >= 0.6 is 12.2 Å². The van der Waals surface area contributed by atoms with Crippen molar-refractivity contribution in [3.63, 3.8) is 0 Å². The van der Waals surface area contributed by atoms with E-state index >= 15 is 0 Å². The lowest BCUT2D eigenvalue weighted by Crippen LogP contribution is -2.34. The van der Waals surface area contributed by atoms with Crippen molar-refractivity contribution < 1.29 is 9.72 Å². The summed E-state index contributed by atoms with van der Waals surface area (Å²) in [6.45, 7) is 3.54. The number of thiocarbonyl (C=S) groups is 1. The molecule has 0 aliphatic heterocycles. The molecule has 0 spiro atoms. The van der Waals surface area contributed by atoms with Crippen molar-refractivity contribution in [1.29, 1.82) is 0 Å². The average molecular weight is 329 g/mol. The van der Waals surface area contributed by atoms with Crippen LogP contribution in [0.25, 0.3) is 0 Å². The van der Waals surface area contributed by atoms with Crippen molar-refractivity contribution in [1.82, 2.24) is 5.32 Å². The minimum Gasteiger partial charge on any atom is -0.332 e. The van der Waals surface area contributed by atoms with Crippen LogP contribution < -0.4 is 10.6 Å². The number of aryl methyl sites for hydroxylation is 2. The molecule has 2 N–H and O–H groups in total. The molecule has 0 aliphatic rings. The molecular weight excluding hydrogens is 314 g/mol.